The summed E-state index contributed by atoms with van der Waals surface area (Å²) in [5.41, 5.74) is 6.00. The summed E-state index contributed by atoms with van der Waals surface area (Å²) < 4.78 is 0. The van der Waals surface area contributed by atoms with Crippen molar-refractivity contribution in [2.45, 2.75) is 71.6 Å². The number of benzene rings is 2. The molecule has 1 aliphatic rings. The Morgan fingerprint density at radius 3 is 2.19 bits per heavy atom. The van der Waals surface area contributed by atoms with E-state index in [1.54, 1.807) is 0 Å². The van der Waals surface area contributed by atoms with E-state index in [0.29, 0.717) is 0 Å². The van der Waals surface area contributed by atoms with Crippen molar-refractivity contribution in [3.05, 3.63) is 59.2 Å². The minimum absolute atomic E-state index is 0.720. The standard InChI is InChI=1S/C26H33N/c1-3-4-5-21-6-8-22(9-7-21)10-11-23-14-17-26(20(2)18-23)25-15-12-24(19-27)13-16-25/h12-18,21-22H,3-11H2,1-2H3/t21-,22-. The Morgan fingerprint density at radius 2 is 1.59 bits per heavy atom. The first kappa shape index (κ1) is 19.7. The van der Waals surface area contributed by atoms with Crippen LogP contribution in [0.15, 0.2) is 42.5 Å². The summed E-state index contributed by atoms with van der Waals surface area (Å²) >= 11 is 0. The van der Waals surface area contributed by atoms with Gasteiger partial charge in [-0.05, 0) is 66.0 Å². The van der Waals surface area contributed by atoms with Crippen molar-refractivity contribution < 1.29 is 0 Å². The Kier molecular flexibility index (Phi) is 7.11. The Morgan fingerprint density at radius 1 is 0.926 bits per heavy atom. The molecule has 0 heterocycles. The smallest absolute Gasteiger partial charge is 0.0991 e. The molecule has 0 bridgehead atoms. The molecule has 142 valence electrons. The number of nitriles is 1. The van der Waals surface area contributed by atoms with Crippen LogP contribution in [0.2, 0.25) is 0 Å². The molecule has 27 heavy (non-hydrogen) atoms. The highest BCUT2D eigenvalue weighted by Crippen LogP contribution is 2.34. The summed E-state index contributed by atoms with van der Waals surface area (Å²) in [4.78, 5) is 0. The molecule has 0 amide bonds. The number of hydrogen-bond donors (Lipinski definition) is 0. The molecule has 1 fully saturated rings. The monoisotopic (exact) mass is 359 g/mol. The number of nitrogens with zero attached hydrogens (tertiary/aromatic N) is 1. The number of aryl methyl sites for hydroxylation is 2. The van der Waals surface area contributed by atoms with Crippen LogP contribution >= 0.6 is 0 Å². The Hall–Kier alpha value is -2.07. The molecule has 1 heteroatoms. The second kappa shape index (κ2) is 9.75. The average Bonchev–Trinajstić information content (AvgIpc) is 2.72. The van der Waals surface area contributed by atoms with Crippen LogP contribution in [0.4, 0.5) is 0 Å². The van der Waals surface area contributed by atoms with Gasteiger partial charge < -0.3 is 0 Å². The molecular weight excluding hydrogens is 326 g/mol. The molecule has 0 N–H and O–H groups in total. The van der Waals surface area contributed by atoms with Crippen LogP contribution in [0.3, 0.4) is 0 Å². The van der Waals surface area contributed by atoms with Gasteiger partial charge in [0.2, 0.25) is 0 Å². The molecule has 1 saturated carbocycles. The zero-order valence-electron chi connectivity index (χ0n) is 17.0. The van der Waals surface area contributed by atoms with E-state index in [0.717, 1.165) is 17.4 Å². The lowest BCUT2D eigenvalue weighted by Crippen LogP contribution is -2.15. The van der Waals surface area contributed by atoms with Gasteiger partial charge in [0.15, 0.2) is 0 Å². The van der Waals surface area contributed by atoms with Gasteiger partial charge in [0.1, 0.15) is 0 Å². The third-order valence-corrected chi connectivity index (χ3v) is 6.39. The largest absolute Gasteiger partial charge is 0.192 e. The maximum Gasteiger partial charge on any atom is 0.0991 e. The fourth-order valence-electron chi connectivity index (χ4n) is 4.60. The molecule has 2 aromatic rings. The van der Waals surface area contributed by atoms with E-state index < -0.39 is 0 Å². The van der Waals surface area contributed by atoms with Gasteiger partial charge in [-0.2, -0.15) is 5.26 Å². The van der Waals surface area contributed by atoms with Crippen LogP contribution in [0, 0.1) is 30.1 Å². The van der Waals surface area contributed by atoms with Crippen molar-refractivity contribution in [2.75, 3.05) is 0 Å². The van der Waals surface area contributed by atoms with Crippen LogP contribution < -0.4 is 0 Å². The van der Waals surface area contributed by atoms with Gasteiger partial charge in [-0.25, -0.2) is 0 Å². The Labute approximate surface area is 165 Å². The molecule has 0 aromatic heterocycles. The van der Waals surface area contributed by atoms with Crippen LogP contribution in [0.1, 0.15) is 75.0 Å². The van der Waals surface area contributed by atoms with E-state index in [9.17, 15) is 0 Å². The van der Waals surface area contributed by atoms with Gasteiger partial charge in [0.25, 0.3) is 0 Å². The zero-order valence-corrected chi connectivity index (χ0v) is 17.0. The van der Waals surface area contributed by atoms with Crippen molar-refractivity contribution in [2.24, 2.45) is 11.8 Å². The normalized spacial score (nSPS) is 19.6. The van der Waals surface area contributed by atoms with E-state index in [-0.39, 0.29) is 0 Å². The summed E-state index contributed by atoms with van der Waals surface area (Å²) in [6, 6.07) is 17.0. The summed E-state index contributed by atoms with van der Waals surface area (Å²) in [5.74, 6) is 1.94. The van der Waals surface area contributed by atoms with E-state index in [2.05, 4.69) is 50.2 Å². The van der Waals surface area contributed by atoms with Crippen molar-refractivity contribution in [3.63, 3.8) is 0 Å². The van der Waals surface area contributed by atoms with Crippen molar-refractivity contribution >= 4 is 0 Å². The third kappa shape index (κ3) is 5.46. The molecular formula is C26H33N. The average molecular weight is 360 g/mol. The van der Waals surface area contributed by atoms with E-state index >= 15 is 0 Å². The highest BCUT2D eigenvalue weighted by molar-refractivity contribution is 5.68. The van der Waals surface area contributed by atoms with Crippen LogP contribution in [0.5, 0.6) is 0 Å². The highest BCUT2D eigenvalue weighted by Gasteiger charge is 2.20. The maximum absolute atomic E-state index is 8.96. The SMILES string of the molecule is CCCC[C@H]1CC[C@H](CCc2ccc(-c3ccc(C#N)cc3)c(C)c2)CC1. The lowest BCUT2D eigenvalue weighted by Gasteiger charge is -2.28. The molecule has 1 nitrogen and oxygen atoms in total. The van der Waals surface area contributed by atoms with Gasteiger partial charge >= 0.3 is 0 Å². The Balaban J connectivity index is 1.53. The van der Waals surface area contributed by atoms with Crippen LogP contribution in [0.25, 0.3) is 11.1 Å². The molecule has 0 aliphatic heterocycles. The van der Waals surface area contributed by atoms with Crippen molar-refractivity contribution in [3.8, 4) is 17.2 Å². The van der Waals surface area contributed by atoms with E-state index in [4.69, 9.17) is 5.26 Å². The minimum atomic E-state index is 0.720. The minimum Gasteiger partial charge on any atom is -0.192 e. The molecule has 0 spiro atoms. The fourth-order valence-corrected chi connectivity index (χ4v) is 4.60. The molecule has 0 radical (unpaired) electrons. The Bertz CT molecular complexity index is 758. The van der Waals surface area contributed by atoms with Crippen molar-refractivity contribution in [1.82, 2.24) is 0 Å². The summed E-state index contributed by atoms with van der Waals surface area (Å²) in [6.45, 7) is 4.51. The quantitative estimate of drug-likeness (QED) is 0.503. The molecule has 3 rings (SSSR count). The van der Waals surface area contributed by atoms with Gasteiger partial charge in [-0.15, -0.1) is 0 Å². The zero-order chi connectivity index (χ0) is 19.1. The molecule has 2 aromatic carbocycles. The molecule has 1 aliphatic carbocycles. The number of hydrogen-bond acceptors (Lipinski definition) is 1. The van der Waals surface area contributed by atoms with Gasteiger partial charge in [0.05, 0.1) is 11.6 Å². The summed E-state index contributed by atoms with van der Waals surface area (Å²) in [7, 11) is 0. The van der Waals surface area contributed by atoms with E-state index in [1.807, 2.05) is 12.1 Å². The first-order valence-electron chi connectivity index (χ1n) is 10.8. The molecule has 0 atom stereocenters. The number of rotatable bonds is 7. The topological polar surface area (TPSA) is 23.8 Å². The predicted molar refractivity (Wildman–Crippen MR) is 115 cm³/mol. The third-order valence-electron chi connectivity index (χ3n) is 6.39. The second-order valence-corrected chi connectivity index (χ2v) is 8.41. The maximum atomic E-state index is 8.96. The summed E-state index contributed by atoms with van der Waals surface area (Å²) in [5, 5.41) is 8.96. The fraction of sp³-hybridized carbons (Fsp3) is 0.500. The lowest BCUT2D eigenvalue weighted by atomic mass is 9.78. The number of unbranched alkanes of at least 4 members (excludes halogenated alkanes) is 1. The van der Waals surface area contributed by atoms with Gasteiger partial charge in [0, 0.05) is 0 Å². The van der Waals surface area contributed by atoms with Crippen LogP contribution in [-0.2, 0) is 6.42 Å². The predicted octanol–water partition coefficient (Wildman–Crippen LogP) is 7.46. The highest BCUT2D eigenvalue weighted by atomic mass is 14.3. The molecule has 0 unspecified atom stereocenters. The lowest BCUT2D eigenvalue weighted by molar-refractivity contribution is 0.250. The van der Waals surface area contributed by atoms with Gasteiger partial charge in [-0.1, -0.05) is 82.2 Å². The second-order valence-electron chi connectivity index (χ2n) is 8.41. The van der Waals surface area contributed by atoms with Crippen LogP contribution in [-0.4, -0.2) is 0 Å². The van der Waals surface area contributed by atoms with Gasteiger partial charge in [-0.3, -0.25) is 0 Å². The summed E-state index contributed by atoms with van der Waals surface area (Å²) in [6.07, 6.45) is 12.6. The first-order valence-corrected chi connectivity index (χ1v) is 10.8. The molecule has 0 saturated heterocycles. The first-order chi connectivity index (χ1) is 13.2. The van der Waals surface area contributed by atoms with Crippen molar-refractivity contribution in [1.29, 1.82) is 5.26 Å². The van der Waals surface area contributed by atoms with E-state index in [1.165, 1.54) is 80.0 Å².